The lowest BCUT2D eigenvalue weighted by Crippen LogP contribution is -2.62. The van der Waals surface area contributed by atoms with E-state index >= 15 is 0 Å². The van der Waals surface area contributed by atoms with Gasteiger partial charge in [0.05, 0.1) is 6.04 Å². The van der Waals surface area contributed by atoms with Crippen LogP contribution in [0, 0.1) is 17.8 Å². The SMILES string of the molecule is C[C@@H](N[C@H](C)c1ccccc1)C(=O)NC(=O)NC12CC3CC(CC(C3)C1)C2. The minimum atomic E-state index is -0.442. The Labute approximate surface area is 161 Å². The van der Waals surface area contributed by atoms with Crippen LogP contribution in [0.15, 0.2) is 30.3 Å². The molecule has 4 fully saturated rings. The maximum atomic E-state index is 12.5. The zero-order valence-electron chi connectivity index (χ0n) is 16.3. The number of carbonyl (C=O) groups excluding carboxylic acids is 2. The Hall–Kier alpha value is -1.88. The Morgan fingerprint density at radius 1 is 0.963 bits per heavy atom. The predicted octanol–water partition coefficient (Wildman–Crippen LogP) is 3.52. The van der Waals surface area contributed by atoms with E-state index in [1.54, 1.807) is 6.92 Å². The fourth-order valence-electron chi connectivity index (χ4n) is 6.04. The quantitative estimate of drug-likeness (QED) is 0.744. The smallest absolute Gasteiger partial charge is 0.321 e. The third-order valence-corrected chi connectivity index (χ3v) is 6.85. The van der Waals surface area contributed by atoms with Crippen LogP contribution in [-0.2, 0) is 4.79 Å². The second-order valence-corrected chi connectivity index (χ2v) is 9.16. The molecule has 4 aliphatic rings. The fraction of sp³-hybridized carbons (Fsp3) is 0.636. The molecule has 0 aliphatic heterocycles. The summed E-state index contributed by atoms with van der Waals surface area (Å²) >= 11 is 0. The van der Waals surface area contributed by atoms with Gasteiger partial charge in [0.15, 0.2) is 0 Å². The highest BCUT2D eigenvalue weighted by Crippen LogP contribution is 2.55. The van der Waals surface area contributed by atoms with Crippen LogP contribution in [0.25, 0.3) is 0 Å². The predicted molar refractivity (Wildman–Crippen MR) is 105 cm³/mol. The second-order valence-electron chi connectivity index (χ2n) is 9.16. The first-order valence-electron chi connectivity index (χ1n) is 10.4. The van der Waals surface area contributed by atoms with E-state index in [0.29, 0.717) is 0 Å². The first kappa shape index (κ1) is 18.5. The zero-order chi connectivity index (χ0) is 19.0. The minimum absolute atomic E-state index is 0.0400. The third-order valence-electron chi connectivity index (χ3n) is 6.85. The molecule has 0 radical (unpaired) electrons. The van der Waals surface area contributed by atoms with E-state index in [1.807, 2.05) is 37.3 Å². The molecular weight excluding hydrogens is 338 g/mol. The Morgan fingerprint density at radius 2 is 1.52 bits per heavy atom. The van der Waals surface area contributed by atoms with E-state index in [2.05, 4.69) is 16.0 Å². The third kappa shape index (κ3) is 4.03. The lowest BCUT2D eigenvalue weighted by atomic mass is 9.53. The van der Waals surface area contributed by atoms with E-state index in [0.717, 1.165) is 42.6 Å². The van der Waals surface area contributed by atoms with Crippen LogP contribution in [0.5, 0.6) is 0 Å². The largest absolute Gasteiger partial charge is 0.332 e. The number of hydrogen-bond donors (Lipinski definition) is 3. The number of hydrogen-bond acceptors (Lipinski definition) is 3. The number of urea groups is 1. The molecule has 0 spiro atoms. The van der Waals surface area contributed by atoms with Gasteiger partial charge in [0.2, 0.25) is 5.91 Å². The number of amides is 3. The molecule has 27 heavy (non-hydrogen) atoms. The van der Waals surface area contributed by atoms with Crippen molar-refractivity contribution in [3.8, 4) is 0 Å². The average Bonchev–Trinajstić information content (AvgIpc) is 2.60. The van der Waals surface area contributed by atoms with Crippen molar-refractivity contribution in [2.75, 3.05) is 0 Å². The van der Waals surface area contributed by atoms with Crippen molar-refractivity contribution in [3.05, 3.63) is 35.9 Å². The molecule has 3 amide bonds. The van der Waals surface area contributed by atoms with E-state index in [1.165, 1.54) is 19.3 Å². The van der Waals surface area contributed by atoms with Crippen LogP contribution in [-0.4, -0.2) is 23.5 Å². The number of nitrogens with one attached hydrogen (secondary N) is 3. The number of benzene rings is 1. The summed E-state index contributed by atoms with van der Waals surface area (Å²) in [5.74, 6) is 2.01. The average molecular weight is 370 g/mol. The molecule has 0 heterocycles. The van der Waals surface area contributed by atoms with Crippen molar-refractivity contribution in [1.29, 1.82) is 0 Å². The molecule has 1 aromatic carbocycles. The molecule has 0 saturated heterocycles. The standard InChI is InChI=1S/C22H31N3O2/c1-14(19-6-4-3-5-7-19)23-15(2)20(26)24-21(27)25-22-11-16-8-17(12-22)10-18(9-16)13-22/h3-7,14-18,23H,8-13H2,1-2H3,(H2,24,25,26,27)/t14-,15-,16?,17?,18?,22?/m1/s1. The van der Waals surface area contributed by atoms with E-state index in [-0.39, 0.29) is 23.5 Å². The maximum absolute atomic E-state index is 12.5. The van der Waals surface area contributed by atoms with Gasteiger partial charge in [-0.2, -0.15) is 0 Å². The molecule has 5 heteroatoms. The second kappa shape index (κ2) is 7.27. The van der Waals surface area contributed by atoms with Crippen molar-refractivity contribution in [2.24, 2.45) is 17.8 Å². The van der Waals surface area contributed by atoms with Crippen LogP contribution in [0.2, 0.25) is 0 Å². The normalized spacial score (nSPS) is 33.3. The monoisotopic (exact) mass is 369 g/mol. The molecule has 2 atom stereocenters. The van der Waals surface area contributed by atoms with Gasteiger partial charge in [-0.3, -0.25) is 15.4 Å². The molecule has 4 saturated carbocycles. The van der Waals surface area contributed by atoms with Gasteiger partial charge in [-0.1, -0.05) is 30.3 Å². The number of imide groups is 1. The summed E-state index contributed by atoms with van der Waals surface area (Å²) in [5, 5.41) is 9.03. The first-order chi connectivity index (χ1) is 12.9. The summed E-state index contributed by atoms with van der Waals surface area (Å²) in [4.78, 5) is 25.0. The van der Waals surface area contributed by atoms with Crippen LogP contribution in [0.1, 0.15) is 64.0 Å². The van der Waals surface area contributed by atoms with Crippen LogP contribution in [0.4, 0.5) is 4.79 Å². The van der Waals surface area contributed by atoms with Crippen molar-refractivity contribution in [1.82, 2.24) is 16.0 Å². The van der Waals surface area contributed by atoms with Crippen molar-refractivity contribution < 1.29 is 9.59 Å². The van der Waals surface area contributed by atoms with Gasteiger partial charge in [-0.15, -0.1) is 0 Å². The van der Waals surface area contributed by atoms with Gasteiger partial charge < -0.3 is 5.32 Å². The van der Waals surface area contributed by atoms with Crippen molar-refractivity contribution >= 4 is 11.9 Å². The summed E-state index contributed by atoms with van der Waals surface area (Å²) in [6.07, 6.45) is 7.25. The molecule has 1 aromatic rings. The Morgan fingerprint density at radius 3 is 2.07 bits per heavy atom. The lowest BCUT2D eigenvalue weighted by molar-refractivity contribution is -0.121. The van der Waals surface area contributed by atoms with Crippen LogP contribution >= 0.6 is 0 Å². The fourth-order valence-corrected chi connectivity index (χ4v) is 6.04. The van der Waals surface area contributed by atoms with E-state index < -0.39 is 6.04 Å². The van der Waals surface area contributed by atoms with Crippen molar-refractivity contribution in [3.63, 3.8) is 0 Å². The number of rotatable bonds is 5. The number of carbonyl (C=O) groups is 2. The summed E-state index contributed by atoms with van der Waals surface area (Å²) in [6, 6.07) is 9.27. The molecule has 5 nitrogen and oxygen atoms in total. The van der Waals surface area contributed by atoms with Gasteiger partial charge in [-0.25, -0.2) is 4.79 Å². The Bertz CT molecular complexity index is 667. The molecule has 4 aliphatic carbocycles. The van der Waals surface area contributed by atoms with Gasteiger partial charge in [0.1, 0.15) is 0 Å². The molecule has 0 unspecified atom stereocenters. The maximum Gasteiger partial charge on any atom is 0.321 e. The van der Waals surface area contributed by atoms with Gasteiger partial charge in [0, 0.05) is 11.6 Å². The van der Waals surface area contributed by atoms with Crippen molar-refractivity contribution in [2.45, 2.75) is 70.0 Å². The molecule has 0 aromatic heterocycles. The first-order valence-corrected chi connectivity index (χ1v) is 10.4. The minimum Gasteiger partial charge on any atom is -0.332 e. The van der Waals surface area contributed by atoms with Gasteiger partial charge in [0.25, 0.3) is 0 Å². The highest BCUT2D eigenvalue weighted by Gasteiger charge is 2.51. The summed E-state index contributed by atoms with van der Waals surface area (Å²) in [7, 11) is 0. The highest BCUT2D eigenvalue weighted by molar-refractivity contribution is 5.97. The van der Waals surface area contributed by atoms with Gasteiger partial charge in [-0.05, 0) is 75.7 Å². The van der Waals surface area contributed by atoms with Crippen LogP contribution in [0.3, 0.4) is 0 Å². The summed E-state index contributed by atoms with van der Waals surface area (Å²) < 4.78 is 0. The van der Waals surface area contributed by atoms with Crippen LogP contribution < -0.4 is 16.0 Å². The highest BCUT2D eigenvalue weighted by atomic mass is 16.2. The summed E-state index contributed by atoms with van der Waals surface area (Å²) in [6.45, 7) is 3.82. The van der Waals surface area contributed by atoms with Gasteiger partial charge >= 0.3 is 6.03 Å². The van der Waals surface area contributed by atoms with E-state index in [9.17, 15) is 9.59 Å². The molecule has 5 rings (SSSR count). The zero-order valence-corrected chi connectivity index (χ0v) is 16.3. The topological polar surface area (TPSA) is 70.2 Å². The van der Waals surface area contributed by atoms with E-state index in [4.69, 9.17) is 0 Å². The Kier molecular flexibility index (Phi) is 4.97. The lowest BCUT2D eigenvalue weighted by Gasteiger charge is -2.56. The molecule has 3 N–H and O–H groups in total. The molecule has 4 bridgehead atoms. The Balaban J connectivity index is 1.29. The summed E-state index contributed by atoms with van der Waals surface area (Å²) in [5.41, 5.74) is 1.04. The molecule has 146 valence electrons. The molecular formula is C22H31N3O2.